The monoisotopic (exact) mass is 311 g/mol. The third kappa shape index (κ3) is 9.73. The summed E-state index contributed by atoms with van der Waals surface area (Å²) in [5, 5.41) is 14.7. The van der Waals surface area contributed by atoms with Crippen LogP contribution in [-0.2, 0) is 0 Å². The van der Waals surface area contributed by atoms with Gasteiger partial charge in [-0.05, 0) is 12.1 Å². The van der Waals surface area contributed by atoms with Crippen molar-refractivity contribution in [1.29, 1.82) is 0 Å². The number of para-hydroxylation sites is 2. The number of hydrogen-bond acceptors (Lipinski definition) is 6. The second-order valence-electron chi connectivity index (χ2n) is 4.68. The number of aliphatic hydroxyl groups excluding tert-OH is 1. The summed E-state index contributed by atoms with van der Waals surface area (Å²) in [6.45, 7) is 8.84. The first-order valence-corrected chi connectivity index (χ1v) is 6.94. The van der Waals surface area contributed by atoms with E-state index >= 15 is 0 Å². The summed E-state index contributed by atoms with van der Waals surface area (Å²) >= 11 is 0. The van der Waals surface area contributed by atoms with E-state index < -0.39 is 6.10 Å². The predicted molar refractivity (Wildman–Crippen MR) is 86.8 cm³/mol. The molecule has 0 radical (unpaired) electrons. The van der Waals surface area contributed by atoms with Gasteiger partial charge >= 0.3 is 0 Å². The summed E-state index contributed by atoms with van der Waals surface area (Å²) in [7, 11) is 0. The van der Waals surface area contributed by atoms with Crippen LogP contribution in [0.15, 0.2) is 42.2 Å². The lowest BCUT2D eigenvalue weighted by Gasteiger charge is -2.16. The quantitative estimate of drug-likeness (QED) is 0.277. The van der Waals surface area contributed by atoms with Crippen LogP contribution in [0.2, 0.25) is 0 Å². The van der Waals surface area contributed by atoms with Crippen molar-refractivity contribution in [2.75, 3.05) is 19.8 Å². The van der Waals surface area contributed by atoms with Crippen LogP contribution in [0.25, 0.3) is 0 Å². The molecule has 0 aliphatic heterocycles. The summed E-state index contributed by atoms with van der Waals surface area (Å²) < 4.78 is 11.1. The molecule has 1 rings (SSSR count). The standard InChI is InChI=1S/C15H23NO3.H2N2O/c1-4-9-18-14-7-5-6-8-15(14)19-11-13(17)10-16-12(2)3;1-2-3/h4-8,12-13,16-17H,1,9-11H2,2-3H3;(H2,1,3). The average Bonchev–Trinajstić information content (AvgIpc) is 2.50. The Hall–Kier alpha value is -2.12. The van der Waals surface area contributed by atoms with Crippen molar-refractivity contribution in [1.82, 2.24) is 5.32 Å². The SMILES string of the molecule is C=CCOc1ccccc1OCC(O)CNC(C)C.NN=O. The van der Waals surface area contributed by atoms with Crippen LogP contribution in [0.1, 0.15) is 13.8 Å². The second-order valence-corrected chi connectivity index (χ2v) is 4.68. The molecule has 7 nitrogen and oxygen atoms in total. The molecule has 124 valence electrons. The lowest BCUT2D eigenvalue weighted by atomic mass is 10.3. The number of aliphatic hydroxyl groups is 1. The van der Waals surface area contributed by atoms with E-state index in [-0.39, 0.29) is 6.61 Å². The molecule has 0 fully saturated rings. The van der Waals surface area contributed by atoms with Gasteiger partial charge < -0.3 is 19.9 Å². The Labute approximate surface area is 131 Å². The molecular weight excluding hydrogens is 286 g/mol. The molecular formula is C15H25N3O4. The Kier molecular flexibility index (Phi) is 11.4. The Balaban J connectivity index is 0.00000135. The van der Waals surface area contributed by atoms with Gasteiger partial charge in [0.25, 0.3) is 0 Å². The summed E-state index contributed by atoms with van der Waals surface area (Å²) in [6.07, 6.45) is 1.13. The normalized spacial score (nSPS) is 11.1. The maximum Gasteiger partial charge on any atom is 0.161 e. The Bertz CT molecular complexity index is 427. The number of nitroso groups, excluding NO2 is 1. The fraction of sp³-hybridized carbons (Fsp3) is 0.467. The first-order valence-electron chi connectivity index (χ1n) is 6.94. The molecule has 1 unspecified atom stereocenters. The number of hydrogen-bond donors (Lipinski definition) is 3. The lowest BCUT2D eigenvalue weighted by molar-refractivity contribution is 0.102. The summed E-state index contributed by atoms with van der Waals surface area (Å²) in [6, 6.07) is 7.74. The van der Waals surface area contributed by atoms with Crippen LogP contribution in [0.5, 0.6) is 11.5 Å². The molecule has 1 aromatic carbocycles. The van der Waals surface area contributed by atoms with Gasteiger partial charge in [0.1, 0.15) is 19.3 Å². The highest BCUT2D eigenvalue weighted by atomic mass is 16.5. The smallest absolute Gasteiger partial charge is 0.161 e. The van der Waals surface area contributed by atoms with Gasteiger partial charge in [0.05, 0.1) is 0 Å². The summed E-state index contributed by atoms with van der Waals surface area (Å²) in [4.78, 5) is 8.33. The van der Waals surface area contributed by atoms with Crippen molar-refractivity contribution < 1.29 is 14.6 Å². The fourth-order valence-corrected chi connectivity index (χ4v) is 1.45. The fourth-order valence-electron chi connectivity index (χ4n) is 1.45. The van der Waals surface area contributed by atoms with E-state index in [1.807, 2.05) is 38.1 Å². The number of ether oxygens (including phenoxy) is 2. The van der Waals surface area contributed by atoms with Crippen LogP contribution >= 0.6 is 0 Å². The largest absolute Gasteiger partial charge is 0.487 e. The topological polar surface area (TPSA) is 106 Å². The molecule has 22 heavy (non-hydrogen) atoms. The molecule has 0 aliphatic rings. The second kappa shape index (κ2) is 12.6. The minimum atomic E-state index is -0.546. The van der Waals surface area contributed by atoms with Gasteiger partial charge in [-0.15, -0.1) is 4.91 Å². The maximum absolute atomic E-state index is 9.78. The summed E-state index contributed by atoms with van der Waals surface area (Å²) in [5.74, 6) is 5.21. The van der Waals surface area contributed by atoms with Gasteiger partial charge in [0, 0.05) is 17.9 Å². The van der Waals surface area contributed by atoms with E-state index in [1.54, 1.807) is 11.4 Å². The van der Waals surface area contributed by atoms with Crippen LogP contribution in [0.3, 0.4) is 0 Å². The van der Waals surface area contributed by atoms with Crippen molar-refractivity contribution in [3.63, 3.8) is 0 Å². The van der Waals surface area contributed by atoms with Crippen LogP contribution < -0.4 is 20.6 Å². The highest BCUT2D eigenvalue weighted by molar-refractivity contribution is 5.39. The van der Waals surface area contributed by atoms with E-state index in [0.29, 0.717) is 30.7 Å². The highest BCUT2D eigenvalue weighted by Gasteiger charge is 2.08. The minimum absolute atomic E-state index is 0.230. The zero-order valence-corrected chi connectivity index (χ0v) is 13.1. The van der Waals surface area contributed by atoms with Crippen molar-refractivity contribution in [3.8, 4) is 11.5 Å². The molecule has 0 amide bonds. The highest BCUT2D eigenvalue weighted by Crippen LogP contribution is 2.26. The first kappa shape index (κ1) is 19.9. The number of nitrogens with two attached hydrogens (primary N) is 1. The number of nitrogens with zero attached hydrogens (tertiary/aromatic N) is 1. The van der Waals surface area contributed by atoms with Crippen LogP contribution in [0.4, 0.5) is 0 Å². The average molecular weight is 311 g/mol. The van der Waals surface area contributed by atoms with Gasteiger partial charge in [-0.3, -0.25) is 5.84 Å². The van der Waals surface area contributed by atoms with Gasteiger partial charge in [0.15, 0.2) is 11.5 Å². The van der Waals surface area contributed by atoms with Crippen molar-refractivity contribution in [2.24, 2.45) is 11.1 Å². The Morgan fingerprint density at radius 1 is 1.36 bits per heavy atom. The molecule has 0 heterocycles. The van der Waals surface area contributed by atoms with E-state index in [1.165, 1.54) is 0 Å². The maximum atomic E-state index is 9.78. The molecule has 4 N–H and O–H groups in total. The molecule has 0 saturated heterocycles. The molecule has 0 bridgehead atoms. The zero-order chi connectivity index (χ0) is 16.8. The zero-order valence-electron chi connectivity index (χ0n) is 13.1. The molecule has 1 atom stereocenters. The van der Waals surface area contributed by atoms with E-state index in [2.05, 4.69) is 17.7 Å². The third-order valence-corrected chi connectivity index (χ3v) is 2.40. The number of nitrogens with one attached hydrogen (secondary N) is 1. The Morgan fingerprint density at radius 3 is 2.41 bits per heavy atom. The third-order valence-electron chi connectivity index (χ3n) is 2.40. The molecule has 0 aliphatic carbocycles. The van der Waals surface area contributed by atoms with Gasteiger partial charge in [0.2, 0.25) is 0 Å². The van der Waals surface area contributed by atoms with Gasteiger partial charge in [-0.1, -0.05) is 38.6 Å². The first-order chi connectivity index (χ1) is 10.5. The van der Waals surface area contributed by atoms with Crippen LogP contribution in [-0.4, -0.2) is 37.0 Å². The van der Waals surface area contributed by atoms with E-state index in [0.717, 1.165) is 0 Å². The van der Waals surface area contributed by atoms with Crippen molar-refractivity contribution in [2.45, 2.75) is 26.0 Å². The molecule has 0 aromatic heterocycles. The minimum Gasteiger partial charge on any atom is -0.487 e. The lowest BCUT2D eigenvalue weighted by Crippen LogP contribution is -2.35. The predicted octanol–water partition coefficient (Wildman–Crippen LogP) is 1.62. The summed E-state index contributed by atoms with van der Waals surface area (Å²) in [5.41, 5.74) is 0. The van der Waals surface area contributed by atoms with Crippen LogP contribution in [0, 0.1) is 4.91 Å². The molecule has 1 aromatic rings. The van der Waals surface area contributed by atoms with E-state index in [9.17, 15) is 5.11 Å². The number of rotatable bonds is 9. The Morgan fingerprint density at radius 2 is 1.91 bits per heavy atom. The molecule has 0 saturated carbocycles. The molecule has 0 spiro atoms. The molecule has 7 heteroatoms. The van der Waals surface area contributed by atoms with Gasteiger partial charge in [-0.2, -0.15) is 0 Å². The van der Waals surface area contributed by atoms with E-state index in [4.69, 9.17) is 14.4 Å². The van der Waals surface area contributed by atoms with Crippen molar-refractivity contribution >= 4 is 0 Å². The number of benzene rings is 1. The van der Waals surface area contributed by atoms with Gasteiger partial charge in [-0.25, -0.2) is 0 Å². The van der Waals surface area contributed by atoms with Crippen molar-refractivity contribution in [3.05, 3.63) is 41.8 Å².